The maximum absolute atomic E-state index is 14.2. The summed E-state index contributed by atoms with van der Waals surface area (Å²) in [7, 11) is 2.86. The third-order valence-corrected chi connectivity index (χ3v) is 10.8. The van der Waals surface area contributed by atoms with Gasteiger partial charge in [-0.3, -0.25) is 19.2 Å². The minimum Gasteiger partial charge on any atom is -0.493 e. The second-order valence-electron chi connectivity index (χ2n) is 14.7. The van der Waals surface area contributed by atoms with Crippen LogP contribution < -0.4 is 28.4 Å². The second-order valence-corrected chi connectivity index (χ2v) is 15.0. The van der Waals surface area contributed by atoms with Crippen LogP contribution in [0.2, 0.25) is 5.15 Å². The molecule has 0 aliphatic carbocycles. The Morgan fingerprint density at radius 2 is 1.20 bits per heavy atom. The lowest BCUT2D eigenvalue weighted by Gasteiger charge is -2.11. The summed E-state index contributed by atoms with van der Waals surface area (Å²) < 4.78 is 71.0. The van der Waals surface area contributed by atoms with Gasteiger partial charge in [-0.2, -0.15) is 0 Å². The van der Waals surface area contributed by atoms with Gasteiger partial charge in [-0.25, -0.2) is 23.1 Å². The highest BCUT2D eigenvalue weighted by atomic mass is 35.5. The Balaban J connectivity index is 0.000000202. The molecule has 2 aliphatic heterocycles. The van der Waals surface area contributed by atoms with Crippen molar-refractivity contribution in [2.24, 2.45) is 0 Å². The number of methoxy groups -OCH3 is 2. The van der Waals surface area contributed by atoms with E-state index in [2.05, 4.69) is 15.0 Å². The number of hydrogen-bond donors (Lipinski definition) is 1. The minimum atomic E-state index is -0.645. The van der Waals surface area contributed by atoms with Crippen LogP contribution in [0.25, 0.3) is 22.2 Å². The van der Waals surface area contributed by atoms with E-state index in [0.717, 1.165) is 11.1 Å². The third kappa shape index (κ3) is 10.5. The topological polar surface area (TPSA) is 165 Å². The Morgan fingerprint density at radius 1 is 0.677 bits per heavy atom. The number of ether oxygens (including phenoxy) is 6. The van der Waals surface area contributed by atoms with Gasteiger partial charge in [-0.1, -0.05) is 23.7 Å². The van der Waals surface area contributed by atoms with Crippen molar-refractivity contribution < 1.29 is 60.8 Å². The fourth-order valence-corrected chi connectivity index (χ4v) is 7.61. The number of hydrogen-bond acceptors (Lipinski definition) is 12. The van der Waals surface area contributed by atoms with Gasteiger partial charge in [0.15, 0.2) is 57.0 Å². The van der Waals surface area contributed by atoms with Crippen molar-refractivity contribution in [1.29, 1.82) is 0 Å². The van der Waals surface area contributed by atoms with Crippen LogP contribution in [-0.2, 0) is 12.8 Å². The van der Waals surface area contributed by atoms with Crippen molar-refractivity contribution >= 4 is 45.6 Å². The quantitative estimate of drug-likeness (QED) is 0.0606. The number of pyridine rings is 2. The van der Waals surface area contributed by atoms with Crippen molar-refractivity contribution in [3.05, 3.63) is 118 Å². The van der Waals surface area contributed by atoms with Gasteiger partial charge in [0.2, 0.25) is 0 Å². The van der Waals surface area contributed by atoms with E-state index in [9.17, 15) is 32.3 Å². The molecule has 0 bridgehead atoms. The molecule has 0 fully saturated rings. The van der Waals surface area contributed by atoms with Gasteiger partial charge < -0.3 is 33.4 Å². The van der Waals surface area contributed by atoms with E-state index in [1.807, 2.05) is 0 Å². The summed E-state index contributed by atoms with van der Waals surface area (Å²) in [5, 5.41) is 0.802. The van der Waals surface area contributed by atoms with Crippen molar-refractivity contribution in [2.45, 2.75) is 38.5 Å². The molecule has 2 aliphatic rings. The first-order chi connectivity index (χ1) is 31.5. The first kappa shape index (κ1) is 46.1. The average Bonchev–Trinajstić information content (AvgIpc) is 4.12. The van der Waals surface area contributed by atoms with E-state index in [1.165, 1.54) is 32.4 Å². The molecule has 0 atom stereocenters. The lowest BCUT2D eigenvalue weighted by atomic mass is 10.0. The van der Waals surface area contributed by atoms with Crippen molar-refractivity contribution in [1.82, 2.24) is 15.0 Å². The molecule has 338 valence electrons. The van der Waals surface area contributed by atoms with Gasteiger partial charge in [0.25, 0.3) is 0 Å². The molecule has 5 heterocycles. The number of aromatic amines is 1. The highest BCUT2D eigenvalue weighted by Crippen LogP contribution is 2.40. The van der Waals surface area contributed by atoms with Gasteiger partial charge in [0, 0.05) is 77.9 Å². The summed E-state index contributed by atoms with van der Waals surface area (Å²) in [6, 6.07) is 17.4. The van der Waals surface area contributed by atoms with E-state index in [1.54, 1.807) is 54.7 Å². The summed E-state index contributed by atoms with van der Waals surface area (Å²) in [5.41, 5.74) is 4.35. The number of carbonyl (C=O) groups is 4. The number of alkyl halides is 2. The third-order valence-electron chi connectivity index (χ3n) is 10.6. The molecule has 0 saturated heterocycles. The molecule has 3 aromatic carbocycles. The molecule has 0 spiro atoms. The molecule has 0 unspecified atom stereocenters. The van der Waals surface area contributed by atoms with Gasteiger partial charge in [0.1, 0.15) is 55.2 Å². The number of nitrogens with zero attached hydrogens (tertiary/aromatic N) is 2. The predicted molar refractivity (Wildman–Crippen MR) is 234 cm³/mol. The normalized spacial score (nSPS) is 12.3. The number of benzene rings is 3. The Kier molecular flexibility index (Phi) is 15.0. The van der Waals surface area contributed by atoms with Crippen LogP contribution in [0.5, 0.6) is 34.5 Å². The number of ketones is 4. The standard InChI is InChI=1S/C28H24F2N2O5.C20H19ClFNO5/c1-35-25-14-16(5-8-24(25)36-12-10-29)22(33)6-7-23(34)21-13-17-9-11-37-28(17)27(32-21)19-15-31-26-18(19)3-2-4-20(26)30;1-26-18-11-12(2-5-17(18)27-9-7-22)15(24)3-4-16(25)14-10-13-6-8-28-19(13)20(21)23-14/h2-5,8,13-15,31H,6-7,9-12H2,1H3;2,5,10-11H,3-4,6-9H2,1H3. The predicted octanol–water partition coefficient (Wildman–Crippen LogP) is 9.38. The molecule has 0 saturated carbocycles. The SMILES string of the molecule is COc1cc(C(=O)CCC(=O)c2cc3c(c(-c4c[nH]c5c(F)cccc45)n2)OCC3)ccc1OCCF.COc1cc(C(=O)CCC(=O)c2cc3c(c(Cl)n2)OCC3)ccc1OCCF. The fraction of sp³-hybridized carbons (Fsp3) is 0.292. The monoisotopic (exact) mass is 913 g/mol. The van der Waals surface area contributed by atoms with Crippen molar-refractivity contribution in [2.75, 3.05) is 54.0 Å². The van der Waals surface area contributed by atoms with E-state index < -0.39 is 13.3 Å². The number of aromatic nitrogens is 3. The van der Waals surface area contributed by atoms with Crippen molar-refractivity contribution in [3.8, 4) is 45.8 Å². The van der Waals surface area contributed by atoms with E-state index in [4.69, 9.17) is 40.0 Å². The van der Waals surface area contributed by atoms with E-state index >= 15 is 0 Å². The molecule has 3 aromatic heterocycles. The zero-order chi connectivity index (χ0) is 46.0. The van der Waals surface area contributed by atoms with Crippen LogP contribution in [0, 0.1) is 5.82 Å². The molecule has 8 rings (SSSR count). The fourth-order valence-electron chi connectivity index (χ4n) is 7.35. The lowest BCUT2D eigenvalue weighted by Crippen LogP contribution is -2.09. The number of H-pyrrole nitrogens is 1. The van der Waals surface area contributed by atoms with Gasteiger partial charge in [-0.15, -0.1) is 0 Å². The van der Waals surface area contributed by atoms with Gasteiger partial charge in [-0.05, 0) is 54.6 Å². The van der Waals surface area contributed by atoms with Gasteiger partial charge >= 0.3 is 0 Å². The summed E-state index contributed by atoms with van der Waals surface area (Å²) in [6.45, 7) is -0.512. The average molecular weight is 914 g/mol. The Morgan fingerprint density at radius 3 is 1.75 bits per heavy atom. The summed E-state index contributed by atoms with van der Waals surface area (Å²) in [4.78, 5) is 62.4. The highest BCUT2D eigenvalue weighted by molar-refractivity contribution is 6.31. The number of halogens is 4. The van der Waals surface area contributed by atoms with Gasteiger partial charge in [0.05, 0.1) is 33.0 Å². The van der Waals surface area contributed by atoms with Crippen LogP contribution in [0.3, 0.4) is 0 Å². The second kappa shape index (κ2) is 21.2. The molecule has 13 nitrogen and oxygen atoms in total. The van der Waals surface area contributed by atoms with Crippen molar-refractivity contribution in [3.63, 3.8) is 0 Å². The lowest BCUT2D eigenvalue weighted by molar-refractivity contribution is 0.0914. The van der Waals surface area contributed by atoms with E-state index in [0.29, 0.717) is 93.8 Å². The first-order valence-corrected chi connectivity index (χ1v) is 21.0. The maximum Gasteiger partial charge on any atom is 0.181 e. The molecule has 0 radical (unpaired) electrons. The molecule has 1 N–H and O–H groups in total. The zero-order valence-electron chi connectivity index (χ0n) is 35.4. The Labute approximate surface area is 376 Å². The maximum atomic E-state index is 14.2. The highest BCUT2D eigenvalue weighted by Gasteiger charge is 2.26. The number of Topliss-reactive ketones (excluding diaryl/α,β-unsaturated/α-hetero) is 4. The van der Waals surface area contributed by atoms with E-state index in [-0.39, 0.29) is 84.4 Å². The number of carbonyl (C=O) groups excluding carboxylic acids is 4. The Hall–Kier alpha value is -6.94. The largest absolute Gasteiger partial charge is 0.493 e. The molecular formula is C48H43ClF3N3O10. The van der Waals surface area contributed by atoms with Crippen LogP contribution in [-0.4, -0.2) is 92.1 Å². The molecule has 6 aromatic rings. The minimum absolute atomic E-state index is 0.00419. The smallest absolute Gasteiger partial charge is 0.181 e. The van der Waals surface area contributed by atoms with Crippen LogP contribution in [0.15, 0.2) is 72.9 Å². The van der Waals surface area contributed by atoms with Crippen LogP contribution in [0.1, 0.15) is 78.5 Å². The number of nitrogens with one attached hydrogen (secondary N) is 1. The number of para-hydroxylation sites is 1. The molecule has 17 heteroatoms. The Bertz CT molecular complexity index is 2760. The molecule has 65 heavy (non-hydrogen) atoms. The van der Waals surface area contributed by atoms with Crippen LogP contribution in [0.4, 0.5) is 13.2 Å². The number of rotatable bonds is 19. The summed E-state index contributed by atoms with van der Waals surface area (Å²) in [6.07, 6.45) is 2.89. The number of fused-ring (bicyclic) bond motifs is 3. The molecular weight excluding hydrogens is 871 g/mol. The van der Waals surface area contributed by atoms with Crippen LogP contribution >= 0.6 is 11.6 Å². The summed E-state index contributed by atoms with van der Waals surface area (Å²) >= 11 is 6.06. The summed E-state index contributed by atoms with van der Waals surface area (Å²) in [5.74, 6) is 1.03. The molecule has 0 amide bonds. The zero-order valence-corrected chi connectivity index (χ0v) is 36.2. The first-order valence-electron chi connectivity index (χ1n) is 20.6.